The lowest BCUT2D eigenvalue weighted by molar-refractivity contribution is -0.133. The van der Waals surface area contributed by atoms with Gasteiger partial charge in [-0.05, 0) is 30.5 Å². The second-order valence-corrected chi connectivity index (χ2v) is 6.14. The summed E-state index contributed by atoms with van der Waals surface area (Å²) in [6, 6.07) is 8.07. The van der Waals surface area contributed by atoms with E-state index in [2.05, 4.69) is 17.9 Å². The largest absolute Gasteiger partial charge is 0.340 e. The molecule has 0 N–H and O–H groups in total. The Balaban J connectivity index is 1.70. The summed E-state index contributed by atoms with van der Waals surface area (Å²) in [6.07, 6.45) is 3.82. The van der Waals surface area contributed by atoms with E-state index in [0.29, 0.717) is 12.3 Å². The number of hydrogen-bond donors (Lipinski definition) is 0. The van der Waals surface area contributed by atoms with Crippen molar-refractivity contribution < 1.29 is 4.79 Å². The predicted octanol–water partition coefficient (Wildman–Crippen LogP) is 3.22. The van der Waals surface area contributed by atoms with Gasteiger partial charge in [0.2, 0.25) is 5.91 Å². The van der Waals surface area contributed by atoms with E-state index in [4.69, 9.17) is 11.6 Å². The summed E-state index contributed by atoms with van der Waals surface area (Å²) in [5.74, 6) is 0.325. The molecule has 0 bridgehead atoms. The summed E-state index contributed by atoms with van der Waals surface area (Å²) in [7, 11) is 0. The fraction of sp³-hybridized carbons (Fsp3) is 0.588. The molecule has 0 atom stereocenters. The Kier molecular flexibility index (Phi) is 6.52. The molecule has 0 unspecified atom stereocenters. The van der Waals surface area contributed by atoms with Crippen molar-refractivity contribution in [1.29, 1.82) is 0 Å². The van der Waals surface area contributed by atoms with Gasteiger partial charge in [-0.1, -0.05) is 37.1 Å². The smallest absolute Gasteiger partial charge is 0.222 e. The molecule has 1 aliphatic rings. The Labute approximate surface area is 132 Å². The monoisotopic (exact) mass is 308 g/mol. The molecule has 1 fully saturated rings. The third-order valence-electron chi connectivity index (χ3n) is 4.07. The van der Waals surface area contributed by atoms with Crippen molar-refractivity contribution >= 4 is 17.5 Å². The van der Waals surface area contributed by atoms with E-state index >= 15 is 0 Å². The number of carbonyl (C=O) groups is 1. The maximum atomic E-state index is 12.0. The molecule has 1 heterocycles. The number of nitrogens with zero attached hydrogens (tertiary/aromatic N) is 2. The van der Waals surface area contributed by atoms with Gasteiger partial charge >= 0.3 is 0 Å². The Morgan fingerprint density at radius 2 is 2.00 bits per heavy atom. The van der Waals surface area contributed by atoms with Crippen LogP contribution in [0, 0.1) is 0 Å². The van der Waals surface area contributed by atoms with Crippen molar-refractivity contribution in [2.45, 2.75) is 32.6 Å². The van der Waals surface area contributed by atoms with Gasteiger partial charge < -0.3 is 4.90 Å². The first-order valence-corrected chi connectivity index (χ1v) is 8.31. The third kappa shape index (κ3) is 5.33. The molecule has 1 aromatic carbocycles. The zero-order valence-electron chi connectivity index (χ0n) is 12.9. The van der Waals surface area contributed by atoms with Crippen molar-refractivity contribution in [2.24, 2.45) is 0 Å². The van der Waals surface area contributed by atoms with E-state index in [0.717, 1.165) is 57.0 Å². The maximum absolute atomic E-state index is 12.0. The highest BCUT2D eigenvalue weighted by molar-refractivity contribution is 6.30. The van der Waals surface area contributed by atoms with Gasteiger partial charge in [0.25, 0.3) is 0 Å². The van der Waals surface area contributed by atoms with Crippen LogP contribution in [0.4, 0.5) is 0 Å². The summed E-state index contributed by atoms with van der Waals surface area (Å²) in [5, 5.41) is 0.804. The molecule has 1 aromatic rings. The van der Waals surface area contributed by atoms with Crippen LogP contribution in [0.15, 0.2) is 24.3 Å². The second-order valence-electron chi connectivity index (χ2n) is 5.71. The lowest BCUT2D eigenvalue weighted by Crippen LogP contribution is -2.49. The summed E-state index contributed by atoms with van der Waals surface area (Å²) in [5.41, 5.74) is 1.28. The first-order valence-electron chi connectivity index (χ1n) is 7.93. The van der Waals surface area contributed by atoms with Crippen LogP contribution in [0.2, 0.25) is 5.02 Å². The number of halogens is 1. The van der Waals surface area contributed by atoms with Crippen LogP contribution in [0.25, 0.3) is 0 Å². The van der Waals surface area contributed by atoms with Crippen LogP contribution in [0.3, 0.4) is 0 Å². The number of rotatable bonds is 6. The zero-order chi connectivity index (χ0) is 15.1. The summed E-state index contributed by atoms with van der Waals surface area (Å²) >= 11 is 6.00. The van der Waals surface area contributed by atoms with E-state index in [1.54, 1.807) is 0 Å². The van der Waals surface area contributed by atoms with Crippen LogP contribution in [-0.4, -0.2) is 48.4 Å². The van der Waals surface area contributed by atoms with Gasteiger partial charge in [0, 0.05) is 44.2 Å². The van der Waals surface area contributed by atoms with E-state index in [1.807, 2.05) is 23.1 Å². The number of hydrogen-bond acceptors (Lipinski definition) is 2. The molecule has 116 valence electrons. The molecule has 0 spiro atoms. The Bertz CT molecular complexity index is 456. The Morgan fingerprint density at radius 3 is 2.67 bits per heavy atom. The van der Waals surface area contributed by atoms with E-state index in [9.17, 15) is 4.79 Å². The third-order valence-corrected chi connectivity index (χ3v) is 4.31. The summed E-state index contributed by atoms with van der Waals surface area (Å²) < 4.78 is 0. The Hall–Kier alpha value is -1.06. The number of unbranched alkanes of at least 4 members (excludes halogenated alkanes) is 1. The average Bonchev–Trinajstić information content (AvgIpc) is 2.51. The fourth-order valence-corrected chi connectivity index (χ4v) is 2.90. The summed E-state index contributed by atoms with van der Waals surface area (Å²) in [6.45, 7) is 6.88. The minimum absolute atomic E-state index is 0.325. The Morgan fingerprint density at radius 1 is 1.24 bits per heavy atom. The number of piperazine rings is 1. The minimum atomic E-state index is 0.325. The number of carbonyl (C=O) groups excluding carboxylic acids is 1. The van der Waals surface area contributed by atoms with Crippen LogP contribution in [-0.2, 0) is 11.2 Å². The van der Waals surface area contributed by atoms with Gasteiger partial charge in [-0.15, -0.1) is 0 Å². The quantitative estimate of drug-likeness (QED) is 0.805. The number of benzene rings is 1. The molecule has 2 rings (SSSR count). The molecule has 3 nitrogen and oxygen atoms in total. The van der Waals surface area contributed by atoms with Crippen molar-refractivity contribution in [3.63, 3.8) is 0 Å². The highest BCUT2D eigenvalue weighted by atomic mass is 35.5. The minimum Gasteiger partial charge on any atom is -0.340 e. The fourth-order valence-electron chi connectivity index (χ4n) is 2.69. The molecule has 0 aliphatic carbocycles. The highest BCUT2D eigenvalue weighted by Gasteiger charge is 2.20. The van der Waals surface area contributed by atoms with Crippen LogP contribution >= 0.6 is 11.6 Å². The van der Waals surface area contributed by atoms with Gasteiger partial charge in [0.15, 0.2) is 0 Å². The van der Waals surface area contributed by atoms with Gasteiger partial charge in [-0.25, -0.2) is 0 Å². The highest BCUT2D eigenvalue weighted by Crippen LogP contribution is 2.12. The van der Waals surface area contributed by atoms with Gasteiger partial charge in [0.05, 0.1) is 0 Å². The van der Waals surface area contributed by atoms with Crippen molar-refractivity contribution in [3.05, 3.63) is 34.9 Å². The van der Waals surface area contributed by atoms with Gasteiger partial charge in [-0.2, -0.15) is 0 Å². The molecule has 1 aliphatic heterocycles. The SMILES string of the molecule is CCCCC(=O)N1CCN(CCc2cccc(Cl)c2)CC1. The zero-order valence-corrected chi connectivity index (χ0v) is 13.6. The molecule has 0 aromatic heterocycles. The number of amides is 1. The van der Waals surface area contributed by atoms with Crippen molar-refractivity contribution in [1.82, 2.24) is 9.80 Å². The lowest BCUT2D eigenvalue weighted by Gasteiger charge is -2.34. The lowest BCUT2D eigenvalue weighted by atomic mass is 10.1. The molecule has 4 heteroatoms. The van der Waals surface area contributed by atoms with Gasteiger partial charge in [-0.3, -0.25) is 9.69 Å². The van der Waals surface area contributed by atoms with Crippen LogP contribution in [0.5, 0.6) is 0 Å². The van der Waals surface area contributed by atoms with Gasteiger partial charge in [0.1, 0.15) is 0 Å². The molecule has 0 saturated carbocycles. The van der Waals surface area contributed by atoms with Crippen LogP contribution < -0.4 is 0 Å². The standard InChI is InChI=1S/C17H25ClN2O/c1-2-3-7-17(21)20-12-10-19(11-13-20)9-8-15-5-4-6-16(18)14-15/h4-6,14H,2-3,7-13H2,1H3. The van der Waals surface area contributed by atoms with Crippen LogP contribution in [0.1, 0.15) is 31.7 Å². The summed E-state index contributed by atoms with van der Waals surface area (Å²) in [4.78, 5) is 16.4. The second kappa shape index (κ2) is 8.40. The van der Waals surface area contributed by atoms with Crippen molar-refractivity contribution in [2.75, 3.05) is 32.7 Å². The predicted molar refractivity (Wildman–Crippen MR) is 87.7 cm³/mol. The molecule has 21 heavy (non-hydrogen) atoms. The first-order chi connectivity index (χ1) is 10.2. The molecule has 0 radical (unpaired) electrons. The molecule has 1 saturated heterocycles. The van der Waals surface area contributed by atoms with E-state index < -0.39 is 0 Å². The molecular weight excluding hydrogens is 284 g/mol. The molecular formula is C17H25ClN2O. The normalized spacial score (nSPS) is 16.2. The van der Waals surface area contributed by atoms with Crippen molar-refractivity contribution in [3.8, 4) is 0 Å². The average molecular weight is 309 g/mol. The molecule has 1 amide bonds. The maximum Gasteiger partial charge on any atom is 0.222 e. The first kappa shape index (κ1) is 16.3. The topological polar surface area (TPSA) is 23.6 Å². The van der Waals surface area contributed by atoms with E-state index in [1.165, 1.54) is 5.56 Å². The van der Waals surface area contributed by atoms with E-state index in [-0.39, 0.29) is 0 Å².